The van der Waals surface area contributed by atoms with E-state index in [1.54, 1.807) is 0 Å². The molecule has 1 aliphatic heterocycles. The molecule has 1 aliphatic rings. The predicted molar refractivity (Wildman–Crippen MR) is 64.1 cm³/mol. The summed E-state index contributed by atoms with van der Waals surface area (Å²) in [5.41, 5.74) is 1.11. The number of aromatic nitrogens is 1. The maximum atomic E-state index is 5.71. The van der Waals surface area contributed by atoms with Gasteiger partial charge in [0.05, 0.1) is 17.9 Å². The van der Waals surface area contributed by atoms with Crippen molar-refractivity contribution in [2.45, 2.75) is 51.5 Å². The lowest BCUT2D eigenvalue weighted by atomic mass is 10.00. The maximum Gasteiger partial charge on any atom is 0.0565 e. The van der Waals surface area contributed by atoms with Gasteiger partial charge in [0, 0.05) is 18.8 Å². The Balaban J connectivity index is 1.81. The highest BCUT2D eigenvalue weighted by Gasteiger charge is 2.23. The van der Waals surface area contributed by atoms with Gasteiger partial charge in [-0.25, -0.2) is 0 Å². The van der Waals surface area contributed by atoms with Gasteiger partial charge in [-0.3, -0.25) is 4.98 Å². The molecule has 0 aromatic carbocycles. The summed E-state index contributed by atoms with van der Waals surface area (Å²) in [5, 5.41) is 3.56. The van der Waals surface area contributed by atoms with Crippen LogP contribution in [0.1, 0.15) is 32.4 Å². The summed E-state index contributed by atoms with van der Waals surface area (Å²) in [4.78, 5) is 4.31. The number of pyridine rings is 1. The van der Waals surface area contributed by atoms with Crippen molar-refractivity contribution in [3.63, 3.8) is 0 Å². The molecule has 1 aromatic rings. The van der Waals surface area contributed by atoms with E-state index in [1.807, 2.05) is 18.3 Å². The molecule has 2 atom stereocenters. The second-order valence-corrected chi connectivity index (χ2v) is 4.63. The van der Waals surface area contributed by atoms with Crippen LogP contribution in [0.5, 0.6) is 0 Å². The van der Waals surface area contributed by atoms with Crippen LogP contribution in [0.3, 0.4) is 0 Å². The monoisotopic (exact) mass is 220 g/mol. The highest BCUT2D eigenvalue weighted by Crippen LogP contribution is 2.19. The van der Waals surface area contributed by atoms with Crippen molar-refractivity contribution in [1.82, 2.24) is 10.3 Å². The zero-order valence-electron chi connectivity index (χ0n) is 10.0. The Morgan fingerprint density at radius 3 is 2.69 bits per heavy atom. The molecule has 0 bridgehead atoms. The summed E-state index contributed by atoms with van der Waals surface area (Å²) in [6, 6.07) is 6.58. The molecule has 3 heteroatoms. The van der Waals surface area contributed by atoms with E-state index < -0.39 is 0 Å². The fourth-order valence-corrected chi connectivity index (χ4v) is 2.32. The molecule has 2 heterocycles. The van der Waals surface area contributed by atoms with E-state index in [9.17, 15) is 0 Å². The average molecular weight is 220 g/mol. The minimum Gasteiger partial charge on any atom is -0.375 e. The molecule has 16 heavy (non-hydrogen) atoms. The standard InChI is InChI=1S/C13H20N2O/c1-10-7-13(8-11(2)16-10)15-9-12-5-3-4-6-14-12/h3-6,10-11,13,15H,7-9H2,1-2H3. The van der Waals surface area contributed by atoms with Crippen LogP contribution < -0.4 is 5.32 Å². The van der Waals surface area contributed by atoms with E-state index in [0.29, 0.717) is 18.2 Å². The minimum absolute atomic E-state index is 0.366. The van der Waals surface area contributed by atoms with E-state index in [2.05, 4.69) is 30.2 Å². The molecule has 0 spiro atoms. The van der Waals surface area contributed by atoms with Crippen molar-refractivity contribution in [3.05, 3.63) is 30.1 Å². The summed E-state index contributed by atoms with van der Waals surface area (Å²) in [5.74, 6) is 0. The first-order valence-corrected chi connectivity index (χ1v) is 6.03. The van der Waals surface area contributed by atoms with Gasteiger partial charge in [-0.05, 0) is 38.8 Å². The van der Waals surface area contributed by atoms with E-state index >= 15 is 0 Å². The van der Waals surface area contributed by atoms with Gasteiger partial charge in [0.1, 0.15) is 0 Å². The third-order valence-electron chi connectivity index (χ3n) is 3.00. The van der Waals surface area contributed by atoms with Gasteiger partial charge in [0.15, 0.2) is 0 Å². The van der Waals surface area contributed by atoms with Crippen LogP contribution >= 0.6 is 0 Å². The third-order valence-corrected chi connectivity index (χ3v) is 3.00. The number of rotatable bonds is 3. The second kappa shape index (κ2) is 5.41. The lowest BCUT2D eigenvalue weighted by Crippen LogP contribution is -2.41. The van der Waals surface area contributed by atoms with E-state index in [1.165, 1.54) is 0 Å². The second-order valence-electron chi connectivity index (χ2n) is 4.63. The van der Waals surface area contributed by atoms with Crippen LogP contribution in [0.4, 0.5) is 0 Å². The molecule has 1 aromatic heterocycles. The van der Waals surface area contributed by atoms with Gasteiger partial charge in [-0.2, -0.15) is 0 Å². The number of nitrogens with zero attached hydrogens (tertiary/aromatic N) is 1. The quantitative estimate of drug-likeness (QED) is 0.847. The van der Waals surface area contributed by atoms with E-state index in [-0.39, 0.29) is 0 Å². The molecule has 0 aliphatic carbocycles. The number of hydrogen-bond acceptors (Lipinski definition) is 3. The first-order valence-electron chi connectivity index (χ1n) is 6.03. The average Bonchev–Trinajstić information content (AvgIpc) is 2.27. The zero-order chi connectivity index (χ0) is 11.4. The molecular weight excluding hydrogens is 200 g/mol. The normalized spacial score (nSPS) is 30.2. The Morgan fingerprint density at radius 2 is 2.06 bits per heavy atom. The van der Waals surface area contributed by atoms with E-state index in [0.717, 1.165) is 25.1 Å². The highest BCUT2D eigenvalue weighted by atomic mass is 16.5. The Hall–Kier alpha value is -0.930. The SMILES string of the molecule is CC1CC(NCc2ccccn2)CC(C)O1. The van der Waals surface area contributed by atoms with Crippen LogP contribution in [0.15, 0.2) is 24.4 Å². The van der Waals surface area contributed by atoms with Gasteiger partial charge in [0.25, 0.3) is 0 Å². The van der Waals surface area contributed by atoms with E-state index in [4.69, 9.17) is 4.74 Å². The highest BCUT2D eigenvalue weighted by molar-refractivity contribution is 5.03. The smallest absolute Gasteiger partial charge is 0.0565 e. The number of hydrogen-bond donors (Lipinski definition) is 1. The van der Waals surface area contributed by atoms with Gasteiger partial charge in [-0.1, -0.05) is 6.07 Å². The third kappa shape index (κ3) is 3.29. The molecule has 1 saturated heterocycles. The molecule has 2 unspecified atom stereocenters. The molecule has 1 N–H and O–H groups in total. The topological polar surface area (TPSA) is 34.2 Å². The summed E-state index contributed by atoms with van der Waals surface area (Å²) in [6.45, 7) is 5.14. The summed E-state index contributed by atoms with van der Waals surface area (Å²) >= 11 is 0. The fraction of sp³-hybridized carbons (Fsp3) is 0.615. The molecule has 1 fully saturated rings. The predicted octanol–water partition coefficient (Wildman–Crippen LogP) is 2.13. The van der Waals surface area contributed by atoms with Crippen LogP contribution in [-0.4, -0.2) is 23.2 Å². The van der Waals surface area contributed by atoms with Crippen LogP contribution in [0.25, 0.3) is 0 Å². The molecule has 2 rings (SSSR count). The molecule has 3 nitrogen and oxygen atoms in total. The minimum atomic E-state index is 0.366. The van der Waals surface area contributed by atoms with Crippen molar-refractivity contribution in [1.29, 1.82) is 0 Å². The fourth-order valence-electron chi connectivity index (χ4n) is 2.32. The van der Waals surface area contributed by atoms with Crippen molar-refractivity contribution in [2.24, 2.45) is 0 Å². The van der Waals surface area contributed by atoms with Gasteiger partial charge < -0.3 is 10.1 Å². The zero-order valence-corrected chi connectivity index (χ0v) is 10.0. The molecule has 0 amide bonds. The summed E-state index contributed by atoms with van der Waals surface area (Å²) < 4.78 is 5.71. The van der Waals surface area contributed by atoms with Gasteiger partial charge >= 0.3 is 0 Å². The van der Waals surface area contributed by atoms with Crippen LogP contribution in [0, 0.1) is 0 Å². The maximum absolute atomic E-state index is 5.71. The largest absolute Gasteiger partial charge is 0.375 e. The first-order chi connectivity index (χ1) is 7.74. The number of ether oxygens (including phenoxy) is 1. The molecular formula is C13H20N2O. The first kappa shape index (κ1) is 11.6. The van der Waals surface area contributed by atoms with Crippen molar-refractivity contribution >= 4 is 0 Å². The Kier molecular flexibility index (Phi) is 3.91. The number of nitrogens with one attached hydrogen (secondary N) is 1. The Bertz CT molecular complexity index is 305. The van der Waals surface area contributed by atoms with Crippen LogP contribution in [-0.2, 0) is 11.3 Å². The molecule has 0 saturated carbocycles. The van der Waals surface area contributed by atoms with Crippen molar-refractivity contribution < 1.29 is 4.74 Å². The van der Waals surface area contributed by atoms with Crippen molar-refractivity contribution in [3.8, 4) is 0 Å². The van der Waals surface area contributed by atoms with Gasteiger partial charge in [-0.15, -0.1) is 0 Å². The lowest BCUT2D eigenvalue weighted by Gasteiger charge is -2.32. The molecule has 0 radical (unpaired) electrons. The van der Waals surface area contributed by atoms with Gasteiger partial charge in [0.2, 0.25) is 0 Å². The van der Waals surface area contributed by atoms with Crippen molar-refractivity contribution in [2.75, 3.05) is 0 Å². The molecule has 88 valence electrons. The van der Waals surface area contributed by atoms with Crippen LogP contribution in [0.2, 0.25) is 0 Å². The Labute approximate surface area is 97.2 Å². The summed E-state index contributed by atoms with van der Waals surface area (Å²) in [7, 11) is 0. The Morgan fingerprint density at radius 1 is 1.31 bits per heavy atom. The lowest BCUT2D eigenvalue weighted by molar-refractivity contribution is -0.0423. The summed E-state index contributed by atoms with van der Waals surface area (Å²) in [6.07, 6.45) is 4.76.